The number of Topliss-reactive ketones (excluding diaryl/α,β-unsaturated/α-hetero) is 1. The molecule has 7 nitrogen and oxygen atoms in total. The first-order chi connectivity index (χ1) is 16.6. The SMILES string of the molecule is COc1ccc(N2CCC(C(=O)C3CCN(c4ccc(OC)c(OC)c4)CC3)CC2)cc1OC. The van der Waals surface area contributed by atoms with Crippen LogP contribution in [0.3, 0.4) is 0 Å². The van der Waals surface area contributed by atoms with Crippen molar-refractivity contribution in [1.82, 2.24) is 0 Å². The summed E-state index contributed by atoms with van der Waals surface area (Å²) in [7, 11) is 6.60. The van der Waals surface area contributed by atoms with Gasteiger partial charge in [-0.25, -0.2) is 0 Å². The van der Waals surface area contributed by atoms with E-state index >= 15 is 0 Å². The summed E-state index contributed by atoms with van der Waals surface area (Å²) >= 11 is 0. The van der Waals surface area contributed by atoms with Crippen molar-refractivity contribution >= 4 is 17.2 Å². The third-order valence-corrected chi connectivity index (χ3v) is 7.26. The monoisotopic (exact) mass is 468 g/mol. The van der Waals surface area contributed by atoms with Crippen LogP contribution < -0.4 is 28.7 Å². The van der Waals surface area contributed by atoms with Gasteiger partial charge in [0.1, 0.15) is 5.78 Å². The molecule has 0 amide bonds. The standard InChI is InChI=1S/C27H36N2O5/c1-31-23-7-5-21(17-25(23)33-3)28-13-9-19(10-14-28)27(30)20-11-15-29(16-12-20)22-6-8-24(32-2)26(18-22)34-4/h5-8,17-20H,9-16H2,1-4H3. The zero-order valence-corrected chi connectivity index (χ0v) is 20.7. The topological polar surface area (TPSA) is 60.5 Å². The maximum Gasteiger partial charge on any atom is 0.162 e. The Bertz CT molecular complexity index is 901. The molecule has 0 aliphatic carbocycles. The van der Waals surface area contributed by atoms with Gasteiger partial charge >= 0.3 is 0 Å². The van der Waals surface area contributed by atoms with Crippen LogP contribution in [0.25, 0.3) is 0 Å². The molecule has 34 heavy (non-hydrogen) atoms. The molecule has 0 atom stereocenters. The molecular weight excluding hydrogens is 432 g/mol. The second kappa shape index (κ2) is 10.9. The van der Waals surface area contributed by atoms with Gasteiger partial charge in [0.2, 0.25) is 0 Å². The van der Waals surface area contributed by atoms with Gasteiger partial charge < -0.3 is 28.7 Å². The number of ketones is 1. The summed E-state index contributed by atoms with van der Waals surface area (Å²) in [5.74, 6) is 3.72. The van der Waals surface area contributed by atoms with E-state index in [1.165, 1.54) is 0 Å². The number of carbonyl (C=O) groups excluding carboxylic acids is 1. The molecule has 0 spiro atoms. The number of nitrogens with zero attached hydrogens (tertiary/aromatic N) is 2. The van der Waals surface area contributed by atoms with Crippen molar-refractivity contribution in [1.29, 1.82) is 0 Å². The van der Waals surface area contributed by atoms with Crippen LogP contribution in [0.1, 0.15) is 25.7 Å². The Morgan fingerprint density at radius 1 is 0.618 bits per heavy atom. The summed E-state index contributed by atoms with van der Waals surface area (Å²) in [6, 6.07) is 12.0. The molecule has 2 saturated heterocycles. The number of piperidine rings is 2. The van der Waals surface area contributed by atoms with E-state index in [2.05, 4.69) is 21.9 Å². The third-order valence-electron chi connectivity index (χ3n) is 7.26. The first-order valence-electron chi connectivity index (χ1n) is 12.1. The Balaban J connectivity index is 1.30. The maximum atomic E-state index is 13.3. The quantitative estimate of drug-likeness (QED) is 0.568. The molecule has 0 saturated carbocycles. The third kappa shape index (κ3) is 5.03. The molecule has 2 aromatic carbocycles. The van der Waals surface area contributed by atoms with Crippen molar-refractivity contribution in [2.24, 2.45) is 11.8 Å². The van der Waals surface area contributed by atoms with Crippen LogP contribution in [0.4, 0.5) is 11.4 Å². The minimum atomic E-state index is 0.161. The minimum absolute atomic E-state index is 0.161. The van der Waals surface area contributed by atoms with E-state index in [-0.39, 0.29) is 11.8 Å². The van der Waals surface area contributed by atoms with Crippen LogP contribution in [0.5, 0.6) is 23.0 Å². The van der Waals surface area contributed by atoms with Gasteiger partial charge in [-0.2, -0.15) is 0 Å². The number of methoxy groups -OCH3 is 4. The van der Waals surface area contributed by atoms with Crippen LogP contribution >= 0.6 is 0 Å². The van der Waals surface area contributed by atoms with E-state index in [0.29, 0.717) is 5.78 Å². The Hall–Kier alpha value is -3.09. The van der Waals surface area contributed by atoms with Gasteiger partial charge in [0, 0.05) is 61.5 Å². The molecule has 0 N–H and O–H groups in total. The molecular formula is C27H36N2O5. The lowest BCUT2D eigenvalue weighted by Crippen LogP contribution is -2.41. The first kappa shape index (κ1) is 24.0. The summed E-state index contributed by atoms with van der Waals surface area (Å²) < 4.78 is 21.6. The fourth-order valence-electron chi connectivity index (χ4n) is 5.22. The Morgan fingerprint density at radius 2 is 0.971 bits per heavy atom. The molecule has 2 aromatic rings. The highest BCUT2D eigenvalue weighted by Crippen LogP contribution is 2.36. The largest absolute Gasteiger partial charge is 0.493 e. The van der Waals surface area contributed by atoms with E-state index in [9.17, 15) is 4.79 Å². The van der Waals surface area contributed by atoms with Crippen molar-refractivity contribution in [2.75, 3.05) is 64.4 Å². The molecule has 184 valence electrons. The van der Waals surface area contributed by atoms with Gasteiger partial charge in [-0.15, -0.1) is 0 Å². The van der Waals surface area contributed by atoms with Crippen LogP contribution in [0.15, 0.2) is 36.4 Å². The first-order valence-corrected chi connectivity index (χ1v) is 12.1. The number of anilines is 2. The smallest absolute Gasteiger partial charge is 0.162 e. The van der Waals surface area contributed by atoms with Crippen molar-refractivity contribution < 1.29 is 23.7 Å². The minimum Gasteiger partial charge on any atom is -0.493 e. The lowest BCUT2D eigenvalue weighted by atomic mass is 9.81. The Kier molecular flexibility index (Phi) is 7.70. The highest BCUT2D eigenvalue weighted by Gasteiger charge is 2.32. The van der Waals surface area contributed by atoms with E-state index in [0.717, 1.165) is 86.2 Å². The van der Waals surface area contributed by atoms with Gasteiger partial charge in [-0.3, -0.25) is 4.79 Å². The van der Waals surface area contributed by atoms with E-state index < -0.39 is 0 Å². The van der Waals surface area contributed by atoms with Crippen LogP contribution in [0, 0.1) is 11.8 Å². The van der Waals surface area contributed by atoms with Crippen molar-refractivity contribution in [3.05, 3.63) is 36.4 Å². The zero-order valence-electron chi connectivity index (χ0n) is 20.7. The molecule has 2 aliphatic heterocycles. The molecule has 0 radical (unpaired) electrons. The highest BCUT2D eigenvalue weighted by atomic mass is 16.5. The normalized spacial score (nSPS) is 17.4. The highest BCUT2D eigenvalue weighted by molar-refractivity contribution is 5.84. The van der Waals surface area contributed by atoms with E-state index in [1.54, 1.807) is 28.4 Å². The summed E-state index contributed by atoms with van der Waals surface area (Å²) in [6.07, 6.45) is 3.62. The summed E-state index contributed by atoms with van der Waals surface area (Å²) in [5.41, 5.74) is 2.23. The molecule has 2 fully saturated rings. The van der Waals surface area contributed by atoms with Gasteiger partial charge in [-0.1, -0.05) is 0 Å². The average molecular weight is 469 g/mol. The van der Waals surface area contributed by atoms with Crippen molar-refractivity contribution in [3.8, 4) is 23.0 Å². The predicted molar refractivity (Wildman–Crippen MR) is 134 cm³/mol. The Morgan fingerprint density at radius 3 is 1.29 bits per heavy atom. The number of hydrogen-bond acceptors (Lipinski definition) is 7. The zero-order chi connectivity index (χ0) is 24.1. The van der Waals surface area contributed by atoms with Gasteiger partial charge in [-0.05, 0) is 49.9 Å². The fraction of sp³-hybridized carbons (Fsp3) is 0.519. The number of carbonyl (C=O) groups is 1. The lowest BCUT2D eigenvalue weighted by Gasteiger charge is -2.37. The molecule has 7 heteroatoms. The molecule has 0 bridgehead atoms. The van der Waals surface area contributed by atoms with Gasteiger partial charge in [0.05, 0.1) is 28.4 Å². The second-order valence-electron chi connectivity index (χ2n) is 9.00. The van der Waals surface area contributed by atoms with Crippen LogP contribution in [-0.2, 0) is 4.79 Å². The summed E-state index contributed by atoms with van der Waals surface area (Å²) in [4.78, 5) is 18.0. The second-order valence-corrected chi connectivity index (χ2v) is 9.00. The lowest BCUT2D eigenvalue weighted by molar-refractivity contribution is -0.128. The number of ether oxygens (including phenoxy) is 4. The van der Waals surface area contributed by atoms with Gasteiger partial charge in [0.15, 0.2) is 23.0 Å². The van der Waals surface area contributed by atoms with Crippen LogP contribution in [0.2, 0.25) is 0 Å². The maximum absolute atomic E-state index is 13.3. The molecule has 2 heterocycles. The fourth-order valence-corrected chi connectivity index (χ4v) is 5.22. The number of hydrogen-bond donors (Lipinski definition) is 0. The summed E-state index contributed by atoms with van der Waals surface area (Å²) in [6.45, 7) is 3.54. The van der Waals surface area contributed by atoms with Crippen molar-refractivity contribution in [3.63, 3.8) is 0 Å². The molecule has 4 rings (SSSR count). The predicted octanol–water partition coefficient (Wildman–Crippen LogP) is 4.42. The summed E-state index contributed by atoms with van der Waals surface area (Å²) in [5, 5.41) is 0. The number of rotatable bonds is 8. The molecule has 0 aromatic heterocycles. The molecule has 2 aliphatic rings. The van der Waals surface area contributed by atoms with Crippen molar-refractivity contribution in [2.45, 2.75) is 25.7 Å². The number of benzene rings is 2. The Labute approximate surface area is 202 Å². The molecule has 0 unspecified atom stereocenters. The van der Waals surface area contributed by atoms with E-state index in [4.69, 9.17) is 18.9 Å². The average Bonchev–Trinajstić information content (AvgIpc) is 2.92. The van der Waals surface area contributed by atoms with Crippen LogP contribution in [-0.4, -0.2) is 60.4 Å². The van der Waals surface area contributed by atoms with Gasteiger partial charge in [0.25, 0.3) is 0 Å². The van der Waals surface area contributed by atoms with E-state index in [1.807, 2.05) is 24.3 Å².